The Kier molecular flexibility index (Phi) is 6.80. The van der Waals surface area contributed by atoms with E-state index in [9.17, 15) is 4.79 Å². The fourth-order valence-electron chi connectivity index (χ4n) is 2.52. The molecular formula is C15H31N3O. The van der Waals surface area contributed by atoms with E-state index in [1.165, 1.54) is 0 Å². The van der Waals surface area contributed by atoms with E-state index in [1.54, 1.807) is 0 Å². The van der Waals surface area contributed by atoms with Crippen LogP contribution in [0.25, 0.3) is 0 Å². The van der Waals surface area contributed by atoms with E-state index >= 15 is 0 Å². The van der Waals surface area contributed by atoms with Crippen molar-refractivity contribution in [2.24, 2.45) is 0 Å². The highest BCUT2D eigenvalue weighted by Crippen LogP contribution is 2.17. The molecule has 0 aromatic rings. The molecule has 1 aliphatic heterocycles. The Morgan fingerprint density at radius 1 is 1.32 bits per heavy atom. The van der Waals surface area contributed by atoms with Gasteiger partial charge in [-0.1, -0.05) is 6.92 Å². The molecular weight excluding hydrogens is 238 g/mol. The molecule has 0 radical (unpaired) electrons. The van der Waals surface area contributed by atoms with Crippen LogP contribution < -0.4 is 5.32 Å². The summed E-state index contributed by atoms with van der Waals surface area (Å²) < 4.78 is 0. The molecule has 4 heteroatoms. The number of nitrogens with one attached hydrogen (secondary N) is 1. The Labute approximate surface area is 118 Å². The second-order valence-electron chi connectivity index (χ2n) is 6.06. The van der Waals surface area contributed by atoms with Crippen molar-refractivity contribution in [1.82, 2.24) is 15.1 Å². The van der Waals surface area contributed by atoms with Crippen LogP contribution in [0.1, 0.15) is 47.0 Å². The molecule has 4 nitrogen and oxygen atoms in total. The van der Waals surface area contributed by atoms with Crippen molar-refractivity contribution in [3.63, 3.8) is 0 Å². The van der Waals surface area contributed by atoms with Gasteiger partial charge in [-0.05, 0) is 40.0 Å². The molecule has 1 N–H and O–H groups in total. The van der Waals surface area contributed by atoms with Gasteiger partial charge in [0.2, 0.25) is 5.91 Å². The van der Waals surface area contributed by atoms with Crippen LogP contribution in [0.2, 0.25) is 0 Å². The van der Waals surface area contributed by atoms with Crippen LogP contribution >= 0.6 is 0 Å². The molecule has 0 aromatic carbocycles. The number of piperidine rings is 1. The first-order chi connectivity index (χ1) is 8.95. The summed E-state index contributed by atoms with van der Waals surface area (Å²) in [6.07, 6.45) is 3.26. The molecule has 1 atom stereocenters. The third-order valence-corrected chi connectivity index (χ3v) is 4.38. The van der Waals surface area contributed by atoms with Crippen molar-refractivity contribution in [2.45, 2.75) is 65.1 Å². The number of likely N-dealkylation sites (N-methyl/N-ethyl adjacent to an activating group) is 1. The Balaban J connectivity index is 2.33. The van der Waals surface area contributed by atoms with Gasteiger partial charge in [0.25, 0.3) is 0 Å². The molecule has 0 spiro atoms. The zero-order chi connectivity index (χ0) is 14.4. The van der Waals surface area contributed by atoms with Crippen LogP contribution in [0.3, 0.4) is 0 Å². The fraction of sp³-hybridized carbons (Fsp3) is 0.933. The second kappa shape index (κ2) is 7.85. The number of hydrogen-bond acceptors (Lipinski definition) is 3. The third-order valence-electron chi connectivity index (χ3n) is 4.38. The molecule has 1 rings (SSSR count). The van der Waals surface area contributed by atoms with Gasteiger partial charge >= 0.3 is 0 Å². The average Bonchev–Trinajstić information content (AvgIpc) is 2.43. The molecule has 1 aliphatic rings. The second-order valence-corrected chi connectivity index (χ2v) is 6.06. The van der Waals surface area contributed by atoms with Crippen LogP contribution in [0.4, 0.5) is 0 Å². The number of amides is 1. The summed E-state index contributed by atoms with van der Waals surface area (Å²) >= 11 is 0. The monoisotopic (exact) mass is 269 g/mol. The van der Waals surface area contributed by atoms with Crippen LogP contribution in [-0.4, -0.2) is 60.5 Å². The van der Waals surface area contributed by atoms with Crippen molar-refractivity contribution < 1.29 is 4.79 Å². The maximum Gasteiger partial charge on any atom is 0.236 e. The Bertz CT molecular complexity index is 273. The highest BCUT2D eigenvalue weighted by molar-refractivity contribution is 5.78. The van der Waals surface area contributed by atoms with Gasteiger partial charge in [-0.25, -0.2) is 0 Å². The standard InChI is InChI=1S/C15H31N3O/c1-6-13(4)16-11-15(19)17(5)14-7-9-18(10-8-14)12(2)3/h12-14,16H,6-11H2,1-5H3. The normalized spacial score (nSPS) is 19.7. The molecule has 1 heterocycles. The summed E-state index contributed by atoms with van der Waals surface area (Å²) in [5.41, 5.74) is 0. The quantitative estimate of drug-likeness (QED) is 0.797. The predicted molar refractivity (Wildman–Crippen MR) is 80.3 cm³/mol. The fourth-order valence-corrected chi connectivity index (χ4v) is 2.52. The lowest BCUT2D eigenvalue weighted by Crippen LogP contribution is -2.49. The smallest absolute Gasteiger partial charge is 0.236 e. The Morgan fingerprint density at radius 3 is 2.37 bits per heavy atom. The lowest BCUT2D eigenvalue weighted by atomic mass is 10.0. The van der Waals surface area contributed by atoms with Gasteiger partial charge in [0.15, 0.2) is 0 Å². The summed E-state index contributed by atoms with van der Waals surface area (Å²) in [4.78, 5) is 16.6. The van der Waals surface area contributed by atoms with Gasteiger partial charge in [-0.2, -0.15) is 0 Å². The zero-order valence-corrected chi connectivity index (χ0v) is 13.3. The number of hydrogen-bond donors (Lipinski definition) is 1. The summed E-state index contributed by atoms with van der Waals surface area (Å²) in [6.45, 7) is 11.4. The van der Waals surface area contributed by atoms with Crippen LogP contribution in [0, 0.1) is 0 Å². The average molecular weight is 269 g/mol. The molecule has 112 valence electrons. The Morgan fingerprint density at radius 2 is 1.89 bits per heavy atom. The van der Waals surface area contributed by atoms with E-state index in [4.69, 9.17) is 0 Å². The number of likely N-dealkylation sites (tertiary alicyclic amines) is 1. The summed E-state index contributed by atoms with van der Waals surface area (Å²) in [5.74, 6) is 0.225. The van der Waals surface area contributed by atoms with Gasteiger partial charge in [0, 0.05) is 38.3 Å². The van der Waals surface area contributed by atoms with E-state index in [0.717, 1.165) is 32.4 Å². The highest BCUT2D eigenvalue weighted by atomic mass is 16.2. The number of nitrogens with zero attached hydrogens (tertiary/aromatic N) is 2. The zero-order valence-electron chi connectivity index (χ0n) is 13.3. The topological polar surface area (TPSA) is 35.6 Å². The molecule has 0 saturated carbocycles. The predicted octanol–water partition coefficient (Wildman–Crippen LogP) is 1.71. The number of carbonyl (C=O) groups excluding carboxylic acids is 1. The van der Waals surface area contributed by atoms with Crippen LogP contribution in [0.15, 0.2) is 0 Å². The molecule has 1 amide bonds. The van der Waals surface area contributed by atoms with Gasteiger partial charge in [-0.15, -0.1) is 0 Å². The van der Waals surface area contributed by atoms with Crippen molar-refractivity contribution in [2.75, 3.05) is 26.7 Å². The van der Waals surface area contributed by atoms with Gasteiger partial charge in [0.1, 0.15) is 0 Å². The van der Waals surface area contributed by atoms with Gasteiger partial charge in [0.05, 0.1) is 6.54 Å². The molecule has 1 saturated heterocycles. The first-order valence-corrected chi connectivity index (χ1v) is 7.68. The van der Waals surface area contributed by atoms with Crippen molar-refractivity contribution in [1.29, 1.82) is 0 Å². The minimum absolute atomic E-state index is 0.225. The van der Waals surface area contributed by atoms with E-state index in [-0.39, 0.29) is 5.91 Å². The van der Waals surface area contributed by atoms with Gasteiger partial charge in [-0.3, -0.25) is 4.79 Å². The van der Waals surface area contributed by atoms with Gasteiger partial charge < -0.3 is 15.1 Å². The molecule has 1 fully saturated rings. The lowest BCUT2D eigenvalue weighted by Gasteiger charge is -2.38. The molecule has 0 bridgehead atoms. The SMILES string of the molecule is CCC(C)NCC(=O)N(C)C1CCN(C(C)C)CC1. The number of rotatable bonds is 6. The molecule has 0 aliphatic carbocycles. The minimum atomic E-state index is 0.225. The van der Waals surface area contributed by atoms with E-state index < -0.39 is 0 Å². The minimum Gasteiger partial charge on any atom is -0.342 e. The van der Waals surface area contributed by atoms with E-state index in [2.05, 4.69) is 37.9 Å². The van der Waals surface area contributed by atoms with Crippen LogP contribution in [-0.2, 0) is 4.79 Å². The maximum absolute atomic E-state index is 12.1. The third kappa shape index (κ3) is 5.11. The molecule has 0 aromatic heterocycles. The van der Waals surface area contributed by atoms with Crippen molar-refractivity contribution >= 4 is 5.91 Å². The maximum atomic E-state index is 12.1. The summed E-state index contributed by atoms with van der Waals surface area (Å²) in [6, 6.07) is 1.45. The lowest BCUT2D eigenvalue weighted by molar-refractivity contribution is -0.132. The van der Waals surface area contributed by atoms with E-state index in [1.807, 2.05) is 11.9 Å². The first-order valence-electron chi connectivity index (χ1n) is 7.68. The van der Waals surface area contributed by atoms with E-state index in [0.29, 0.717) is 24.7 Å². The summed E-state index contributed by atoms with van der Waals surface area (Å²) in [7, 11) is 1.95. The van der Waals surface area contributed by atoms with Crippen molar-refractivity contribution in [3.05, 3.63) is 0 Å². The number of carbonyl (C=O) groups is 1. The summed E-state index contributed by atoms with van der Waals surface area (Å²) in [5, 5.41) is 3.28. The highest BCUT2D eigenvalue weighted by Gasteiger charge is 2.26. The van der Waals surface area contributed by atoms with Crippen molar-refractivity contribution in [3.8, 4) is 0 Å². The molecule has 19 heavy (non-hydrogen) atoms. The largest absolute Gasteiger partial charge is 0.342 e. The Hall–Kier alpha value is -0.610. The first kappa shape index (κ1) is 16.4. The molecule has 1 unspecified atom stereocenters. The van der Waals surface area contributed by atoms with Crippen LogP contribution in [0.5, 0.6) is 0 Å².